The van der Waals surface area contributed by atoms with Gasteiger partial charge in [0, 0.05) is 40.2 Å². The number of rotatable bonds is 8. The second kappa shape index (κ2) is 9.65. The third-order valence-corrected chi connectivity index (χ3v) is 7.84. The van der Waals surface area contributed by atoms with Crippen molar-refractivity contribution in [2.75, 3.05) is 17.9 Å². The van der Waals surface area contributed by atoms with Crippen molar-refractivity contribution in [2.24, 2.45) is 0 Å². The third-order valence-electron chi connectivity index (χ3n) is 6.06. The molecule has 7 nitrogen and oxygen atoms in total. The molecule has 176 valence electrons. The van der Waals surface area contributed by atoms with Gasteiger partial charge in [0.05, 0.1) is 6.61 Å². The Morgan fingerprint density at radius 3 is 2.44 bits per heavy atom. The van der Waals surface area contributed by atoms with Crippen molar-refractivity contribution < 1.29 is 13.2 Å². The first-order valence-electron chi connectivity index (χ1n) is 10.9. The lowest BCUT2D eigenvalue weighted by Crippen LogP contribution is -2.58. The summed E-state index contributed by atoms with van der Waals surface area (Å²) in [6.45, 7) is 12.4. The average Bonchev–Trinajstić information content (AvgIpc) is 2.67. The maximum atomic E-state index is 12.8. The number of hydrogen-bond acceptors (Lipinski definition) is 6. The highest BCUT2D eigenvalue weighted by Gasteiger charge is 2.40. The van der Waals surface area contributed by atoms with Gasteiger partial charge in [0.15, 0.2) is 0 Å². The van der Waals surface area contributed by atoms with Crippen molar-refractivity contribution >= 4 is 31.6 Å². The standard InChI is InChI=1S/C23H33BrN4O3S/c1-17-8-9-19(16-25-17)32(29,30)27-20-14-18(24)15-26-21(20)31-13-7-12-28-22(2,3)10-6-11-23(28,4)5/h8-9,14-16,27H,6-7,10-13H2,1-5H3. The normalized spacial score (nSPS) is 18.3. The lowest BCUT2D eigenvalue weighted by molar-refractivity contribution is -0.0292. The fourth-order valence-corrected chi connectivity index (χ4v) is 5.80. The van der Waals surface area contributed by atoms with Gasteiger partial charge in [-0.25, -0.2) is 13.4 Å². The van der Waals surface area contributed by atoms with E-state index in [0.717, 1.165) is 18.7 Å². The summed E-state index contributed by atoms with van der Waals surface area (Å²) in [5.41, 5.74) is 1.34. The Balaban J connectivity index is 1.67. The van der Waals surface area contributed by atoms with Crippen molar-refractivity contribution in [2.45, 2.75) is 76.3 Å². The van der Waals surface area contributed by atoms with Crippen LogP contribution in [0.25, 0.3) is 0 Å². The van der Waals surface area contributed by atoms with Crippen LogP contribution in [0.1, 0.15) is 59.1 Å². The Morgan fingerprint density at radius 1 is 1.12 bits per heavy atom. The molecule has 0 amide bonds. The summed E-state index contributed by atoms with van der Waals surface area (Å²) in [5, 5.41) is 0. The molecule has 1 saturated heterocycles. The Morgan fingerprint density at radius 2 is 1.81 bits per heavy atom. The number of sulfonamides is 1. The van der Waals surface area contributed by atoms with Gasteiger partial charge in [-0.1, -0.05) is 0 Å². The van der Waals surface area contributed by atoms with Gasteiger partial charge >= 0.3 is 0 Å². The molecule has 0 radical (unpaired) electrons. The molecule has 0 spiro atoms. The smallest absolute Gasteiger partial charge is 0.263 e. The minimum atomic E-state index is -3.81. The molecule has 0 aliphatic carbocycles. The molecule has 0 aromatic carbocycles. The van der Waals surface area contributed by atoms with Crippen LogP contribution in [0.15, 0.2) is 40.0 Å². The van der Waals surface area contributed by atoms with E-state index >= 15 is 0 Å². The molecular formula is C23H33BrN4O3S. The van der Waals surface area contributed by atoms with Gasteiger partial charge in [0.25, 0.3) is 10.0 Å². The van der Waals surface area contributed by atoms with Crippen LogP contribution in [0.4, 0.5) is 5.69 Å². The van der Waals surface area contributed by atoms with E-state index in [1.807, 2.05) is 0 Å². The van der Waals surface area contributed by atoms with E-state index in [2.05, 4.69) is 63.2 Å². The molecule has 1 N–H and O–H groups in total. The Hall–Kier alpha value is -1.71. The highest BCUT2D eigenvalue weighted by atomic mass is 79.9. The number of likely N-dealkylation sites (tertiary alicyclic amines) is 1. The molecular weight excluding hydrogens is 492 g/mol. The van der Waals surface area contributed by atoms with E-state index in [4.69, 9.17) is 4.74 Å². The molecule has 9 heteroatoms. The number of anilines is 1. The summed E-state index contributed by atoms with van der Waals surface area (Å²) in [5.74, 6) is 0.258. The summed E-state index contributed by atoms with van der Waals surface area (Å²) in [7, 11) is -3.81. The number of piperidine rings is 1. The van der Waals surface area contributed by atoms with Crippen LogP contribution in [-0.2, 0) is 10.0 Å². The van der Waals surface area contributed by atoms with E-state index in [9.17, 15) is 8.42 Å². The van der Waals surface area contributed by atoms with Crippen LogP contribution in [0.5, 0.6) is 5.88 Å². The number of pyridine rings is 2. The van der Waals surface area contributed by atoms with Crippen LogP contribution in [0.3, 0.4) is 0 Å². The number of halogens is 1. The topological polar surface area (TPSA) is 84.4 Å². The minimum Gasteiger partial charge on any atom is -0.476 e. The van der Waals surface area contributed by atoms with Crippen molar-refractivity contribution in [3.05, 3.63) is 40.8 Å². The Labute approximate surface area is 200 Å². The van der Waals surface area contributed by atoms with Crippen molar-refractivity contribution in [1.82, 2.24) is 14.9 Å². The van der Waals surface area contributed by atoms with Crippen molar-refractivity contribution in [3.63, 3.8) is 0 Å². The molecule has 1 fully saturated rings. The van der Waals surface area contributed by atoms with Crippen LogP contribution < -0.4 is 9.46 Å². The summed E-state index contributed by atoms with van der Waals surface area (Å²) in [4.78, 5) is 11.0. The zero-order chi connectivity index (χ0) is 23.6. The molecule has 2 aromatic heterocycles. The predicted octanol–water partition coefficient (Wildman–Crippen LogP) is 5.16. The van der Waals surface area contributed by atoms with E-state index < -0.39 is 10.0 Å². The van der Waals surface area contributed by atoms with Gasteiger partial charge < -0.3 is 4.74 Å². The maximum Gasteiger partial charge on any atom is 0.263 e. The van der Waals surface area contributed by atoms with Crippen molar-refractivity contribution in [3.8, 4) is 5.88 Å². The highest BCUT2D eigenvalue weighted by Crippen LogP contribution is 2.38. The molecule has 2 aromatic rings. The average molecular weight is 526 g/mol. The second-order valence-corrected chi connectivity index (χ2v) is 12.2. The first kappa shape index (κ1) is 24.9. The van der Waals surface area contributed by atoms with Crippen LogP contribution in [0, 0.1) is 6.92 Å². The van der Waals surface area contributed by atoms with Gasteiger partial charge in [-0.05, 0) is 94.4 Å². The quantitative estimate of drug-likeness (QED) is 0.480. The fraction of sp³-hybridized carbons (Fsp3) is 0.565. The second-order valence-electron chi connectivity index (χ2n) is 9.58. The summed E-state index contributed by atoms with van der Waals surface area (Å²) in [6, 6.07) is 4.84. The predicted molar refractivity (Wildman–Crippen MR) is 131 cm³/mol. The van der Waals surface area contributed by atoms with Crippen LogP contribution >= 0.6 is 15.9 Å². The van der Waals surface area contributed by atoms with E-state index in [1.165, 1.54) is 31.5 Å². The molecule has 0 unspecified atom stereocenters. The lowest BCUT2D eigenvalue weighted by Gasteiger charge is -2.53. The van der Waals surface area contributed by atoms with E-state index in [-0.39, 0.29) is 21.9 Å². The molecule has 0 atom stereocenters. The van der Waals surface area contributed by atoms with Gasteiger partial charge in [0.1, 0.15) is 10.6 Å². The number of hydrogen-bond donors (Lipinski definition) is 1. The highest BCUT2D eigenvalue weighted by molar-refractivity contribution is 9.10. The number of ether oxygens (including phenoxy) is 1. The molecule has 3 heterocycles. The Kier molecular flexibility index (Phi) is 7.51. The van der Waals surface area contributed by atoms with Gasteiger partial charge in [-0.3, -0.25) is 14.6 Å². The zero-order valence-electron chi connectivity index (χ0n) is 19.5. The van der Waals surface area contributed by atoms with Crippen molar-refractivity contribution in [1.29, 1.82) is 0 Å². The number of nitrogens with zero attached hydrogens (tertiary/aromatic N) is 3. The lowest BCUT2D eigenvalue weighted by atomic mass is 9.80. The van der Waals surface area contributed by atoms with E-state index in [1.54, 1.807) is 25.3 Å². The monoisotopic (exact) mass is 524 g/mol. The van der Waals surface area contributed by atoms with Crippen LogP contribution in [-0.4, -0.2) is 47.5 Å². The van der Waals surface area contributed by atoms with Gasteiger partial charge in [-0.2, -0.15) is 0 Å². The number of nitrogens with one attached hydrogen (secondary N) is 1. The zero-order valence-corrected chi connectivity index (χ0v) is 21.9. The molecule has 0 bridgehead atoms. The number of aryl methyl sites for hydroxylation is 1. The summed E-state index contributed by atoms with van der Waals surface area (Å²) >= 11 is 3.36. The minimum absolute atomic E-state index is 0.0867. The molecule has 1 aliphatic rings. The SMILES string of the molecule is Cc1ccc(S(=O)(=O)Nc2cc(Br)cnc2OCCCN2C(C)(C)CCCC2(C)C)cn1. The summed E-state index contributed by atoms with van der Waals surface area (Å²) < 4.78 is 34.8. The van der Waals surface area contributed by atoms with E-state index in [0.29, 0.717) is 16.8 Å². The third kappa shape index (κ3) is 5.99. The largest absolute Gasteiger partial charge is 0.476 e. The summed E-state index contributed by atoms with van der Waals surface area (Å²) in [6.07, 6.45) is 7.37. The number of aromatic nitrogens is 2. The Bertz CT molecular complexity index is 1020. The first-order chi connectivity index (χ1) is 14.9. The van der Waals surface area contributed by atoms with Gasteiger partial charge in [-0.15, -0.1) is 0 Å². The first-order valence-corrected chi connectivity index (χ1v) is 13.2. The van der Waals surface area contributed by atoms with Crippen LogP contribution in [0.2, 0.25) is 0 Å². The maximum absolute atomic E-state index is 12.8. The molecule has 0 saturated carbocycles. The molecule has 3 rings (SSSR count). The molecule has 32 heavy (non-hydrogen) atoms. The van der Waals surface area contributed by atoms with Gasteiger partial charge in [0.2, 0.25) is 5.88 Å². The fourth-order valence-electron chi connectivity index (χ4n) is 4.47. The molecule has 1 aliphatic heterocycles.